The van der Waals surface area contributed by atoms with E-state index < -0.39 is 0 Å². The molecule has 0 atom stereocenters. The predicted molar refractivity (Wildman–Crippen MR) is 113 cm³/mol. The van der Waals surface area contributed by atoms with Crippen LogP contribution in [0.3, 0.4) is 0 Å². The lowest BCUT2D eigenvalue weighted by Crippen LogP contribution is -2.12. The summed E-state index contributed by atoms with van der Waals surface area (Å²) in [6.07, 6.45) is 1.46. The minimum Gasteiger partial charge on any atom is -0.489 e. The molecule has 152 valence electrons. The van der Waals surface area contributed by atoms with Crippen molar-refractivity contribution in [2.75, 3.05) is 5.32 Å². The summed E-state index contributed by atoms with van der Waals surface area (Å²) in [4.78, 5) is 17.1. The Balaban J connectivity index is 1.34. The third kappa shape index (κ3) is 4.90. The molecular weight excluding hydrogens is 403 g/mol. The van der Waals surface area contributed by atoms with Gasteiger partial charge in [-0.25, -0.2) is 14.1 Å². The van der Waals surface area contributed by atoms with Crippen LogP contribution in [0.5, 0.6) is 5.75 Å². The molecule has 4 rings (SSSR count). The number of halogens is 1. The molecular formula is C22H19FN4O2S. The third-order valence-electron chi connectivity index (χ3n) is 4.32. The first kappa shape index (κ1) is 19.8. The number of nitrogens with one attached hydrogen (secondary N) is 1. The van der Waals surface area contributed by atoms with Crippen LogP contribution in [0.1, 0.15) is 26.4 Å². The second kappa shape index (κ2) is 8.87. The first-order valence-electron chi connectivity index (χ1n) is 9.28. The molecule has 30 heavy (non-hydrogen) atoms. The van der Waals surface area contributed by atoms with Crippen LogP contribution in [0, 0.1) is 12.7 Å². The van der Waals surface area contributed by atoms with E-state index in [1.807, 2.05) is 36.6 Å². The van der Waals surface area contributed by atoms with E-state index in [1.165, 1.54) is 28.4 Å². The van der Waals surface area contributed by atoms with Crippen LogP contribution in [0.2, 0.25) is 0 Å². The average Bonchev–Trinajstić information content (AvgIpc) is 3.38. The molecule has 0 bridgehead atoms. The molecule has 1 N–H and O–H groups in total. The quantitative estimate of drug-likeness (QED) is 0.470. The van der Waals surface area contributed by atoms with Crippen molar-refractivity contribution in [2.24, 2.45) is 0 Å². The largest absolute Gasteiger partial charge is 0.489 e. The Morgan fingerprint density at radius 1 is 1.20 bits per heavy atom. The highest BCUT2D eigenvalue weighted by atomic mass is 32.1. The van der Waals surface area contributed by atoms with Gasteiger partial charge in [0.2, 0.25) is 5.95 Å². The van der Waals surface area contributed by atoms with Crippen molar-refractivity contribution in [3.8, 4) is 5.75 Å². The molecule has 0 saturated heterocycles. The number of ether oxygens (including phenoxy) is 1. The Hall–Kier alpha value is -3.52. The number of carbonyl (C=O) groups excluding carboxylic acids is 1. The van der Waals surface area contributed by atoms with Gasteiger partial charge in [-0.1, -0.05) is 30.3 Å². The number of aryl methyl sites for hydroxylation is 1. The molecule has 0 fully saturated rings. The Bertz CT molecular complexity index is 1170. The standard InChI is InChI=1S/C22H19FN4O2S/c1-15-5-4-7-18(9-15)29-12-16-10-20(30-13-16)21(28)25-22-24-14-27(26-22)11-17-6-2-3-8-19(17)23/h2-10,13-14H,11-12H2,1H3,(H,25,26,28). The molecule has 0 radical (unpaired) electrons. The zero-order valence-corrected chi connectivity index (χ0v) is 17.0. The number of hydrogen-bond donors (Lipinski definition) is 1. The third-order valence-corrected chi connectivity index (χ3v) is 5.30. The van der Waals surface area contributed by atoms with Crippen molar-refractivity contribution in [1.82, 2.24) is 14.8 Å². The van der Waals surface area contributed by atoms with Crippen LogP contribution >= 0.6 is 11.3 Å². The lowest BCUT2D eigenvalue weighted by molar-refractivity contribution is 0.102. The summed E-state index contributed by atoms with van der Waals surface area (Å²) in [5.41, 5.74) is 2.53. The Kier molecular flexibility index (Phi) is 5.85. The minimum atomic E-state index is -0.308. The summed E-state index contributed by atoms with van der Waals surface area (Å²) < 4.78 is 21.0. The van der Waals surface area contributed by atoms with Gasteiger partial charge in [-0.2, -0.15) is 0 Å². The fraction of sp³-hybridized carbons (Fsp3) is 0.136. The van der Waals surface area contributed by atoms with E-state index in [1.54, 1.807) is 24.3 Å². The number of anilines is 1. The molecule has 2 aromatic carbocycles. The first-order chi connectivity index (χ1) is 14.6. The minimum absolute atomic E-state index is 0.169. The van der Waals surface area contributed by atoms with Gasteiger partial charge in [0.1, 0.15) is 24.5 Å². The van der Waals surface area contributed by atoms with Crippen molar-refractivity contribution in [2.45, 2.75) is 20.1 Å². The molecule has 1 amide bonds. The van der Waals surface area contributed by atoms with Crippen LogP contribution in [0.15, 0.2) is 66.3 Å². The summed E-state index contributed by atoms with van der Waals surface area (Å²) in [5.74, 6) is 0.349. The second-order valence-electron chi connectivity index (χ2n) is 6.74. The number of thiophene rings is 1. The molecule has 2 heterocycles. The van der Waals surface area contributed by atoms with Crippen LogP contribution in [0.25, 0.3) is 0 Å². The lowest BCUT2D eigenvalue weighted by Gasteiger charge is -2.05. The van der Waals surface area contributed by atoms with Crippen LogP contribution in [0.4, 0.5) is 10.3 Å². The van der Waals surface area contributed by atoms with Gasteiger partial charge in [0.15, 0.2) is 0 Å². The molecule has 0 aliphatic carbocycles. The summed E-state index contributed by atoms with van der Waals surface area (Å²) in [5, 5.41) is 8.74. The summed E-state index contributed by atoms with van der Waals surface area (Å²) in [7, 11) is 0. The molecule has 0 aliphatic heterocycles. The van der Waals surface area contributed by atoms with Crippen LogP contribution in [-0.4, -0.2) is 20.7 Å². The van der Waals surface area contributed by atoms with E-state index in [9.17, 15) is 9.18 Å². The van der Waals surface area contributed by atoms with Gasteiger partial charge in [-0.3, -0.25) is 10.1 Å². The number of benzene rings is 2. The maximum atomic E-state index is 13.8. The van der Waals surface area contributed by atoms with Gasteiger partial charge in [-0.15, -0.1) is 16.4 Å². The Morgan fingerprint density at radius 3 is 2.90 bits per heavy atom. The molecule has 0 spiro atoms. The van der Waals surface area contributed by atoms with Crippen molar-refractivity contribution < 1.29 is 13.9 Å². The van der Waals surface area contributed by atoms with Gasteiger partial charge >= 0.3 is 0 Å². The van der Waals surface area contributed by atoms with Crippen molar-refractivity contribution in [3.05, 3.63) is 93.7 Å². The Labute approximate surface area is 177 Å². The Morgan fingerprint density at radius 2 is 2.07 bits per heavy atom. The highest BCUT2D eigenvalue weighted by Gasteiger charge is 2.13. The highest BCUT2D eigenvalue weighted by Crippen LogP contribution is 2.19. The zero-order chi connectivity index (χ0) is 20.9. The molecule has 2 aromatic heterocycles. The summed E-state index contributed by atoms with van der Waals surface area (Å²) >= 11 is 1.32. The van der Waals surface area contributed by atoms with Crippen LogP contribution < -0.4 is 10.1 Å². The van der Waals surface area contributed by atoms with Gasteiger partial charge in [0, 0.05) is 11.1 Å². The lowest BCUT2D eigenvalue weighted by atomic mass is 10.2. The van der Waals surface area contributed by atoms with E-state index in [0.29, 0.717) is 17.0 Å². The number of aromatic nitrogens is 3. The van der Waals surface area contributed by atoms with E-state index >= 15 is 0 Å². The number of nitrogens with zero attached hydrogens (tertiary/aromatic N) is 3. The summed E-state index contributed by atoms with van der Waals surface area (Å²) in [6, 6.07) is 16.1. The second-order valence-corrected chi connectivity index (χ2v) is 7.65. The molecule has 6 nitrogen and oxygen atoms in total. The molecule has 8 heteroatoms. The van der Waals surface area contributed by atoms with Crippen molar-refractivity contribution in [1.29, 1.82) is 0 Å². The zero-order valence-electron chi connectivity index (χ0n) is 16.2. The normalized spacial score (nSPS) is 10.7. The molecule has 0 aliphatic rings. The number of amides is 1. The first-order valence-corrected chi connectivity index (χ1v) is 10.2. The van der Waals surface area contributed by atoms with E-state index in [0.717, 1.165) is 16.9 Å². The highest BCUT2D eigenvalue weighted by molar-refractivity contribution is 7.12. The van der Waals surface area contributed by atoms with Crippen LogP contribution in [-0.2, 0) is 13.2 Å². The SMILES string of the molecule is Cc1cccc(OCc2csc(C(=O)Nc3ncn(Cc4ccccc4F)n3)c2)c1. The number of carbonyl (C=O) groups is 1. The fourth-order valence-corrected chi connectivity index (χ4v) is 3.63. The maximum Gasteiger partial charge on any atom is 0.268 e. The average molecular weight is 422 g/mol. The maximum absolute atomic E-state index is 13.8. The van der Waals surface area contributed by atoms with Gasteiger partial charge in [0.25, 0.3) is 5.91 Å². The van der Waals surface area contributed by atoms with Crippen molar-refractivity contribution >= 4 is 23.2 Å². The van der Waals surface area contributed by atoms with Gasteiger partial charge in [-0.05, 0) is 42.1 Å². The van der Waals surface area contributed by atoms with Gasteiger partial charge < -0.3 is 4.74 Å². The molecule has 0 unspecified atom stereocenters. The smallest absolute Gasteiger partial charge is 0.268 e. The number of hydrogen-bond acceptors (Lipinski definition) is 5. The fourth-order valence-electron chi connectivity index (χ4n) is 2.83. The molecule has 0 saturated carbocycles. The van der Waals surface area contributed by atoms with E-state index in [2.05, 4.69) is 15.4 Å². The van der Waals surface area contributed by atoms with E-state index in [4.69, 9.17) is 4.74 Å². The predicted octanol–water partition coefficient (Wildman–Crippen LogP) is 4.67. The topological polar surface area (TPSA) is 69.0 Å². The molecule has 4 aromatic rings. The number of rotatable bonds is 7. The van der Waals surface area contributed by atoms with Crippen molar-refractivity contribution in [3.63, 3.8) is 0 Å². The van der Waals surface area contributed by atoms with Gasteiger partial charge in [0.05, 0.1) is 11.4 Å². The monoisotopic (exact) mass is 422 g/mol. The van der Waals surface area contributed by atoms with E-state index in [-0.39, 0.29) is 24.2 Å². The summed E-state index contributed by atoms with van der Waals surface area (Å²) in [6.45, 7) is 2.61.